The molecule has 1 saturated carbocycles. The van der Waals surface area contributed by atoms with Crippen LogP contribution in [0.25, 0.3) is 0 Å². The number of allylic oxidation sites excluding steroid dienone is 2. The molecule has 0 spiro atoms. The molecule has 0 aromatic carbocycles. The summed E-state index contributed by atoms with van der Waals surface area (Å²) in [4.78, 5) is 0. The summed E-state index contributed by atoms with van der Waals surface area (Å²) in [5.41, 5.74) is 1.18. The van der Waals surface area contributed by atoms with E-state index < -0.39 is 18.4 Å². The number of methoxy groups -OCH3 is 1. The molecule has 0 N–H and O–H groups in total. The standard InChI is InChI=1S/C21H36F2O/c1-4-6-15(2)7-5-8-16-9-11-17(12-10-16)18-13-14-19(24-3)21(23)20(18)22/h11,15-16,18-21H,4-10,12-14H2,1-3H3. The third-order valence-corrected chi connectivity index (χ3v) is 6.23. The van der Waals surface area contributed by atoms with Crippen molar-refractivity contribution in [2.24, 2.45) is 17.8 Å². The molecule has 2 aliphatic rings. The molecule has 2 rings (SSSR count). The van der Waals surface area contributed by atoms with Crippen molar-refractivity contribution in [1.82, 2.24) is 0 Å². The highest BCUT2D eigenvalue weighted by Gasteiger charge is 2.42. The maximum Gasteiger partial charge on any atom is 0.158 e. The quantitative estimate of drug-likeness (QED) is 0.462. The number of rotatable bonds is 8. The minimum atomic E-state index is -1.47. The minimum Gasteiger partial charge on any atom is -0.378 e. The first-order chi connectivity index (χ1) is 11.6. The van der Waals surface area contributed by atoms with Crippen LogP contribution in [0.1, 0.15) is 78.1 Å². The van der Waals surface area contributed by atoms with E-state index in [0.29, 0.717) is 6.42 Å². The van der Waals surface area contributed by atoms with Crippen molar-refractivity contribution >= 4 is 0 Å². The van der Waals surface area contributed by atoms with Crippen LogP contribution in [-0.2, 0) is 4.74 Å². The van der Waals surface area contributed by atoms with Gasteiger partial charge in [-0.2, -0.15) is 0 Å². The summed E-state index contributed by atoms with van der Waals surface area (Å²) in [7, 11) is 1.48. The van der Waals surface area contributed by atoms with Gasteiger partial charge in [0.05, 0.1) is 6.10 Å². The Morgan fingerprint density at radius 3 is 2.58 bits per heavy atom. The molecule has 24 heavy (non-hydrogen) atoms. The van der Waals surface area contributed by atoms with Gasteiger partial charge in [0, 0.05) is 13.0 Å². The van der Waals surface area contributed by atoms with Crippen LogP contribution in [0.2, 0.25) is 0 Å². The average molecular weight is 343 g/mol. The van der Waals surface area contributed by atoms with Gasteiger partial charge in [0.15, 0.2) is 6.17 Å². The van der Waals surface area contributed by atoms with E-state index in [2.05, 4.69) is 19.9 Å². The zero-order valence-corrected chi connectivity index (χ0v) is 15.8. The fourth-order valence-electron chi connectivity index (χ4n) is 4.63. The Morgan fingerprint density at radius 2 is 1.96 bits per heavy atom. The van der Waals surface area contributed by atoms with Crippen molar-refractivity contribution in [2.45, 2.75) is 96.5 Å². The lowest BCUT2D eigenvalue weighted by Gasteiger charge is -2.37. The van der Waals surface area contributed by atoms with E-state index in [4.69, 9.17) is 4.74 Å². The second kappa shape index (κ2) is 9.89. The van der Waals surface area contributed by atoms with Crippen LogP contribution < -0.4 is 0 Å². The molecule has 0 aromatic heterocycles. The summed E-state index contributed by atoms with van der Waals surface area (Å²) in [5.74, 6) is 1.38. The number of alkyl halides is 2. The largest absolute Gasteiger partial charge is 0.378 e. The summed E-state index contributed by atoms with van der Waals surface area (Å²) in [5, 5.41) is 0. The smallest absolute Gasteiger partial charge is 0.158 e. The van der Waals surface area contributed by atoms with Gasteiger partial charge >= 0.3 is 0 Å². The second-order valence-electron chi connectivity index (χ2n) is 8.09. The molecule has 0 aliphatic heterocycles. The summed E-state index contributed by atoms with van der Waals surface area (Å²) in [6.45, 7) is 4.61. The van der Waals surface area contributed by atoms with E-state index in [9.17, 15) is 8.78 Å². The van der Waals surface area contributed by atoms with Crippen molar-refractivity contribution in [3.8, 4) is 0 Å². The van der Waals surface area contributed by atoms with E-state index in [-0.39, 0.29) is 5.92 Å². The van der Waals surface area contributed by atoms with Crippen LogP contribution in [0.5, 0.6) is 0 Å². The number of halogens is 2. The SMILES string of the molecule is CCCC(C)CCCC1CC=C(C2CCC(OC)C(F)C2F)CC1. The van der Waals surface area contributed by atoms with Crippen molar-refractivity contribution in [3.05, 3.63) is 11.6 Å². The van der Waals surface area contributed by atoms with Crippen LogP contribution in [0.15, 0.2) is 11.6 Å². The normalized spacial score (nSPS) is 35.5. The zero-order valence-electron chi connectivity index (χ0n) is 15.8. The van der Waals surface area contributed by atoms with E-state index in [1.165, 1.54) is 44.8 Å². The Balaban J connectivity index is 1.76. The Morgan fingerprint density at radius 1 is 1.17 bits per heavy atom. The van der Waals surface area contributed by atoms with E-state index in [1.54, 1.807) is 0 Å². The Kier molecular flexibility index (Phi) is 8.19. The van der Waals surface area contributed by atoms with Crippen LogP contribution in [0, 0.1) is 17.8 Å². The zero-order chi connectivity index (χ0) is 17.5. The van der Waals surface area contributed by atoms with E-state index >= 15 is 0 Å². The molecular weight excluding hydrogens is 306 g/mol. The monoisotopic (exact) mass is 342 g/mol. The van der Waals surface area contributed by atoms with Crippen LogP contribution in [0.3, 0.4) is 0 Å². The molecular formula is C21H36F2O. The highest BCUT2D eigenvalue weighted by atomic mass is 19.2. The second-order valence-corrected chi connectivity index (χ2v) is 8.09. The van der Waals surface area contributed by atoms with Crippen molar-refractivity contribution in [2.75, 3.05) is 7.11 Å². The van der Waals surface area contributed by atoms with Crippen molar-refractivity contribution in [3.63, 3.8) is 0 Å². The highest BCUT2D eigenvalue weighted by Crippen LogP contribution is 2.40. The lowest BCUT2D eigenvalue weighted by Crippen LogP contribution is -2.43. The lowest BCUT2D eigenvalue weighted by molar-refractivity contribution is -0.0497. The Bertz CT molecular complexity index is 395. The van der Waals surface area contributed by atoms with Gasteiger partial charge in [0.1, 0.15) is 6.17 Å². The van der Waals surface area contributed by atoms with Gasteiger partial charge in [-0.3, -0.25) is 0 Å². The molecule has 1 fully saturated rings. The van der Waals surface area contributed by atoms with Crippen molar-refractivity contribution < 1.29 is 13.5 Å². The topological polar surface area (TPSA) is 9.23 Å². The van der Waals surface area contributed by atoms with Gasteiger partial charge in [-0.25, -0.2) is 8.78 Å². The summed E-state index contributed by atoms with van der Waals surface area (Å²) >= 11 is 0. The molecule has 0 bridgehead atoms. The van der Waals surface area contributed by atoms with E-state index in [1.807, 2.05) is 0 Å². The summed E-state index contributed by atoms with van der Waals surface area (Å²) in [6.07, 6.45) is 9.92. The summed E-state index contributed by atoms with van der Waals surface area (Å²) in [6, 6.07) is 0. The number of hydrogen-bond donors (Lipinski definition) is 0. The maximum atomic E-state index is 14.4. The Hall–Kier alpha value is -0.440. The third kappa shape index (κ3) is 5.28. The molecule has 1 nitrogen and oxygen atoms in total. The molecule has 140 valence electrons. The summed E-state index contributed by atoms with van der Waals surface area (Å²) < 4.78 is 33.6. The van der Waals surface area contributed by atoms with Gasteiger partial charge in [0.2, 0.25) is 0 Å². The lowest BCUT2D eigenvalue weighted by atomic mass is 9.74. The first kappa shape index (κ1) is 19.9. The third-order valence-electron chi connectivity index (χ3n) is 6.23. The van der Waals surface area contributed by atoms with Crippen LogP contribution >= 0.6 is 0 Å². The highest BCUT2D eigenvalue weighted by molar-refractivity contribution is 5.15. The molecule has 3 heteroatoms. The van der Waals surface area contributed by atoms with Crippen LogP contribution in [0.4, 0.5) is 8.78 Å². The predicted molar refractivity (Wildman–Crippen MR) is 96.7 cm³/mol. The fourth-order valence-corrected chi connectivity index (χ4v) is 4.63. The van der Waals surface area contributed by atoms with Crippen molar-refractivity contribution in [1.29, 1.82) is 0 Å². The Labute approximate surface area is 147 Å². The molecule has 0 radical (unpaired) electrons. The molecule has 0 aromatic rings. The number of hydrogen-bond acceptors (Lipinski definition) is 1. The molecule has 0 saturated heterocycles. The van der Waals surface area contributed by atoms with Gasteiger partial charge in [-0.1, -0.05) is 57.6 Å². The predicted octanol–water partition coefficient (Wildman–Crippen LogP) is 6.42. The van der Waals surface area contributed by atoms with E-state index in [0.717, 1.165) is 37.5 Å². The molecule has 6 atom stereocenters. The molecule has 2 aliphatic carbocycles. The van der Waals surface area contributed by atoms with Gasteiger partial charge in [0.25, 0.3) is 0 Å². The first-order valence-electron chi connectivity index (χ1n) is 10.1. The average Bonchev–Trinajstić information content (AvgIpc) is 2.58. The molecule has 0 heterocycles. The first-order valence-corrected chi connectivity index (χ1v) is 10.1. The number of ether oxygens (including phenoxy) is 1. The van der Waals surface area contributed by atoms with Gasteiger partial charge in [-0.15, -0.1) is 0 Å². The molecule has 0 amide bonds. The van der Waals surface area contributed by atoms with Crippen LogP contribution in [-0.4, -0.2) is 25.6 Å². The minimum absolute atomic E-state index is 0.211. The fraction of sp³-hybridized carbons (Fsp3) is 0.905. The van der Waals surface area contributed by atoms with Gasteiger partial charge < -0.3 is 4.74 Å². The molecule has 6 unspecified atom stereocenters. The van der Waals surface area contributed by atoms with Gasteiger partial charge in [-0.05, 0) is 43.9 Å². The maximum absolute atomic E-state index is 14.4.